The SMILES string of the molecule is O=C1CCC(N2Cc3c(OCCCN4CCCC4C(=O)Oc4ccnc5ccccc45)cccc3C2=O)C(=O)N1. The van der Waals surface area contributed by atoms with Crippen molar-refractivity contribution in [1.29, 1.82) is 0 Å². The zero-order chi connectivity index (χ0) is 27.6. The quantitative estimate of drug-likeness (QED) is 0.262. The van der Waals surface area contributed by atoms with Gasteiger partial charge in [-0.05, 0) is 62.6 Å². The lowest BCUT2D eigenvalue weighted by molar-refractivity contribution is -0.139. The number of amides is 3. The predicted molar refractivity (Wildman–Crippen MR) is 145 cm³/mol. The monoisotopic (exact) mass is 542 g/mol. The number of fused-ring (bicyclic) bond motifs is 2. The van der Waals surface area contributed by atoms with Crippen molar-refractivity contribution in [3.8, 4) is 11.5 Å². The molecule has 10 heteroatoms. The Labute approximate surface area is 231 Å². The van der Waals surface area contributed by atoms with Crippen LogP contribution in [0.4, 0.5) is 0 Å². The molecule has 2 atom stereocenters. The lowest BCUT2D eigenvalue weighted by Gasteiger charge is -2.29. The maximum atomic E-state index is 13.1. The zero-order valence-corrected chi connectivity index (χ0v) is 22.0. The van der Waals surface area contributed by atoms with Crippen molar-refractivity contribution in [2.45, 2.75) is 50.7 Å². The van der Waals surface area contributed by atoms with Gasteiger partial charge >= 0.3 is 5.97 Å². The third kappa shape index (κ3) is 5.02. The Kier molecular flexibility index (Phi) is 7.17. The van der Waals surface area contributed by atoms with Gasteiger partial charge in [0.25, 0.3) is 5.91 Å². The molecule has 1 aromatic heterocycles. The number of rotatable bonds is 8. The van der Waals surface area contributed by atoms with Gasteiger partial charge in [0.1, 0.15) is 23.6 Å². The van der Waals surface area contributed by atoms with E-state index in [-0.39, 0.29) is 36.8 Å². The number of nitrogens with zero attached hydrogens (tertiary/aromatic N) is 3. The maximum Gasteiger partial charge on any atom is 0.328 e. The Bertz CT molecular complexity index is 1480. The summed E-state index contributed by atoms with van der Waals surface area (Å²) in [6.07, 6.45) is 4.53. The van der Waals surface area contributed by atoms with E-state index in [1.54, 1.807) is 24.4 Å². The summed E-state index contributed by atoms with van der Waals surface area (Å²) in [5.41, 5.74) is 2.06. The molecule has 0 saturated carbocycles. The Morgan fingerprint density at radius 2 is 1.90 bits per heavy atom. The molecule has 2 aromatic carbocycles. The van der Waals surface area contributed by atoms with Gasteiger partial charge in [-0.15, -0.1) is 0 Å². The highest BCUT2D eigenvalue weighted by atomic mass is 16.5. The Balaban J connectivity index is 1.04. The van der Waals surface area contributed by atoms with Crippen LogP contribution >= 0.6 is 0 Å². The highest BCUT2D eigenvalue weighted by Gasteiger charge is 2.40. The number of hydrogen-bond acceptors (Lipinski definition) is 8. The standard InChI is InChI=1S/C30H30N4O6/c35-27-12-11-23(28(36)32-27)34-18-21-19(29(34)37)7-3-10-25(21)39-17-5-16-33-15-4-9-24(33)30(38)40-26-13-14-31-22-8-2-1-6-20(22)26/h1-3,6-8,10,13-14,23-24H,4-5,9,11-12,15-18H2,(H,32,35,36). The van der Waals surface area contributed by atoms with Crippen LogP contribution in [0.1, 0.15) is 48.0 Å². The Morgan fingerprint density at radius 3 is 2.77 bits per heavy atom. The van der Waals surface area contributed by atoms with E-state index < -0.39 is 11.9 Å². The van der Waals surface area contributed by atoms with Crippen molar-refractivity contribution < 1.29 is 28.7 Å². The summed E-state index contributed by atoms with van der Waals surface area (Å²) in [5, 5.41) is 3.13. The van der Waals surface area contributed by atoms with E-state index in [9.17, 15) is 19.2 Å². The zero-order valence-electron chi connectivity index (χ0n) is 22.0. The fraction of sp³-hybridized carbons (Fsp3) is 0.367. The third-order valence-electron chi connectivity index (χ3n) is 7.84. The number of aromatic nitrogens is 1. The normalized spacial score (nSPS) is 21.0. The van der Waals surface area contributed by atoms with E-state index >= 15 is 0 Å². The molecule has 4 heterocycles. The lowest BCUT2D eigenvalue weighted by Crippen LogP contribution is -2.52. The number of hydrogen-bond donors (Lipinski definition) is 1. The maximum absolute atomic E-state index is 13.1. The predicted octanol–water partition coefficient (Wildman–Crippen LogP) is 2.83. The first-order valence-electron chi connectivity index (χ1n) is 13.7. The second-order valence-electron chi connectivity index (χ2n) is 10.3. The van der Waals surface area contributed by atoms with Crippen LogP contribution in [0.15, 0.2) is 54.7 Å². The smallest absolute Gasteiger partial charge is 0.328 e. The van der Waals surface area contributed by atoms with Crippen molar-refractivity contribution in [2.24, 2.45) is 0 Å². The molecular formula is C30H30N4O6. The first kappa shape index (κ1) is 25.9. The molecule has 2 unspecified atom stereocenters. The van der Waals surface area contributed by atoms with Gasteiger partial charge in [0, 0.05) is 35.7 Å². The second kappa shape index (κ2) is 11.1. The highest BCUT2D eigenvalue weighted by Crippen LogP contribution is 2.34. The number of piperidine rings is 1. The fourth-order valence-corrected chi connectivity index (χ4v) is 5.84. The van der Waals surface area contributed by atoms with Gasteiger partial charge in [-0.25, -0.2) is 4.79 Å². The van der Waals surface area contributed by atoms with Gasteiger partial charge in [0.15, 0.2) is 0 Å². The summed E-state index contributed by atoms with van der Waals surface area (Å²) in [6, 6.07) is 13.7. The summed E-state index contributed by atoms with van der Waals surface area (Å²) in [4.78, 5) is 58.0. The fourth-order valence-electron chi connectivity index (χ4n) is 5.84. The number of ether oxygens (including phenoxy) is 2. The van der Waals surface area contributed by atoms with Crippen LogP contribution in [-0.2, 0) is 20.9 Å². The topological polar surface area (TPSA) is 118 Å². The van der Waals surface area contributed by atoms with Crippen LogP contribution in [0.5, 0.6) is 11.5 Å². The number of imide groups is 1. The molecule has 3 aliphatic rings. The average molecular weight is 543 g/mol. The molecule has 40 heavy (non-hydrogen) atoms. The van der Waals surface area contributed by atoms with Crippen LogP contribution in [0.25, 0.3) is 10.9 Å². The minimum absolute atomic E-state index is 0.212. The molecule has 0 radical (unpaired) electrons. The van der Waals surface area contributed by atoms with Crippen molar-refractivity contribution in [3.63, 3.8) is 0 Å². The molecule has 3 aromatic rings. The lowest BCUT2D eigenvalue weighted by atomic mass is 10.0. The number of pyridine rings is 1. The number of carbonyl (C=O) groups excluding carboxylic acids is 4. The van der Waals surface area contributed by atoms with Crippen LogP contribution in [0.2, 0.25) is 0 Å². The van der Waals surface area contributed by atoms with Crippen LogP contribution in [-0.4, -0.2) is 70.3 Å². The van der Waals surface area contributed by atoms with Gasteiger partial charge in [0.2, 0.25) is 11.8 Å². The van der Waals surface area contributed by atoms with Gasteiger partial charge < -0.3 is 14.4 Å². The molecule has 3 amide bonds. The number of nitrogens with one attached hydrogen (secondary N) is 1. The summed E-state index contributed by atoms with van der Waals surface area (Å²) in [7, 11) is 0. The van der Waals surface area contributed by atoms with Crippen molar-refractivity contribution in [3.05, 3.63) is 65.9 Å². The summed E-state index contributed by atoms with van der Waals surface area (Å²) >= 11 is 0. The summed E-state index contributed by atoms with van der Waals surface area (Å²) < 4.78 is 11.9. The molecule has 6 rings (SSSR count). The van der Waals surface area contributed by atoms with Gasteiger partial charge in [-0.1, -0.05) is 18.2 Å². The van der Waals surface area contributed by atoms with Gasteiger partial charge in [-0.3, -0.25) is 29.6 Å². The number of likely N-dealkylation sites (tertiary alicyclic amines) is 1. The minimum atomic E-state index is -0.664. The first-order chi connectivity index (χ1) is 19.5. The van der Waals surface area contributed by atoms with E-state index in [0.717, 1.165) is 35.9 Å². The first-order valence-corrected chi connectivity index (χ1v) is 13.7. The summed E-state index contributed by atoms with van der Waals surface area (Å²) in [6.45, 7) is 2.16. The van der Waals surface area contributed by atoms with Gasteiger partial charge in [-0.2, -0.15) is 0 Å². The molecular weight excluding hydrogens is 512 g/mol. The minimum Gasteiger partial charge on any atom is -0.493 e. The van der Waals surface area contributed by atoms with E-state index in [4.69, 9.17) is 9.47 Å². The van der Waals surface area contributed by atoms with Crippen molar-refractivity contribution in [1.82, 2.24) is 20.1 Å². The average Bonchev–Trinajstić information content (AvgIpc) is 3.56. The van der Waals surface area contributed by atoms with Crippen molar-refractivity contribution in [2.75, 3.05) is 19.7 Å². The van der Waals surface area contributed by atoms with Crippen LogP contribution < -0.4 is 14.8 Å². The van der Waals surface area contributed by atoms with E-state index in [0.29, 0.717) is 43.1 Å². The molecule has 10 nitrogen and oxygen atoms in total. The molecule has 3 aliphatic heterocycles. The van der Waals surface area contributed by atoms with Gasteiger partial charge in [0.05, 0.1) is 18.7 Å². The molecule has 206 valence electrons. The van der Waals surface area contributed by atoms with Crippen LogP contribution in [0.3, 0.4) is 0 Å². The number of carbonyl (C=O) groups is 4. The molecule has 2 fully saturated rings. The summed E-state index contributed by atoms with van der Waals surface area (Å²) in [5.74, 6) is -0.102. The van der Waals surface area contributed by atoms with Crippen LogP contribution in [0, 0.1) is 0 Å². The second-order valence-corrected chi connectivity index (χ2v) is 10.3. The van der Waals surface area contributed by atoms with E-state index in [2.05, 4.69) is 15.2 Å². The molecule has 0 bridgehead atoms. The molecule has 1 N–H and O–H groups in total. The van der Waals surface area contributed by atoms with E-state index in [1.165, 1.54) is 4.90 Å². The number of para-hydroxylation sites is 1. The molecule has 0 spiro atoms. The molecule has 0 aliphatic carbocycles. The highest BCUT2D eigenvalue weighted by molar-refractivity contribution is 6.05. The largest absolute Gasteiger partial charge is 0.493 e. The number of esters is 1. The Morgan fingerprint density at radius 1 is 1.02 bits per heavy atom. The number of benzene rings is 2. The molecule has 2 saturated heterocycles. The third-order valence-corrected chi connectivity index (χ3v) is 7.84. The Hall–Kier alpha value is -4.31. The van der Waals surface area contributed by atoms with E-state index in [1.807, 2.05) is 30.3 Å². The van der Waals surface area contributed by atoms with Crippen molar-refractivity contribution >= 4 is 34.6 Å².